The Morgan fingerprint density at radius 3 is 2.48 bits per heavy atom. The molecule has 0 aliphatic carbocycles. The van der Waals surface area contributed by atoms with Crippen LogP contribution in [-0.4, -0.2) is 24.2 Å². The third-order valence-corrected chi connectivity index (χ3v) is 2.96. The van der Waals surface area contributed by atoms with Crippen molar-refractivity contribution in [2.24, 2.45) is 0 Å². The second-order valence-corrected chi connectivity index (χ2v) is 4.71. The predicted molar refractivity (Wildman–Crippen MR) is 82.9 cm³/mol. The largest absolute Gasteiger partial charge is 1.00 e. The van der Waals surface area contributed by atoms with Gasteiger partial charge in [0.05, 0.1) is 17.6 Å². The van der Waals surface area contributed by atoms with Gasteiger partial charge in [0, 0.05) is 5.69 Å². The quantitative estimate of drug-likeness (QED) is 0.237. The van der Waals surface area contributed by atoms with Crippen LogP contribution in [0.2, 0.25) is 5.02 Å². The minimum Gasteiger partial charge on any atom is -0.613 e. The molecule has 120 valence electrons. The van der Waals surface area contributed by atoms with E-state index in [1.54, 1.807) is 13.8 Å². The van der Waals surface area contributed by atoms with Gasteiger partial charge in [0.25, 0.3) is 0 Å². The summed E-state index contributed by atoms with van der Waals surface area (Å²) in [7, 11) is 0. The molecule has 9 heteroatoms. The molecule has 0 radical (unpaired) electrons. The van der Waals surface area contributed by atoms with Crippen LogP contribution in [0.5, 0.6) is 0 Å². The van der Waals surface area contributed by atoms with Crippen molar-refractivity contribution in [3.63, 3.8) is 0 Å². The third-order valence-electron chi connectivity index (χ3n) is 2.36. The number of nitrogens with one attached hydrogen (secondary N) is 1. The SMILES string of the molecule is CCOC(=O)/C(C(=S)Nc1ccc(F)c(Cl)c1)=C(\[O-])OCC.[Na+]. The number of hydrogen-bond donors (Lipinski definition) is 1. The van der Waals surface area contributed by atoms with Crippen LogP contribution >= 0.6 is 23.8 Å². The molecule has 0 atom stereocenters. The zero-order valence-corrected chi connectivity index (χ0v) is 16.5. The number of benzene rings is 1. The summed E-state index contributed by atoms with van der Waals surface area (Å²) in [5.74, 6) is -2.39. The summed E-state index contributed by atoms with van der Waals surface area (Å²) in [6.07, 6.45) is 0. The molecule has 0 heterocycles. The van der Waals surface area contributed by atoms with Crippen LogP contribution in [0.1, 0.15) is 13.8 Å². The summed E-state index contributed by atoms with van der Waals surface area (Å²) < 4.78 is 22.7. The van der Waals surface area contributed by atoms with Gasteiger partial charge >= 0.3 is 35.5 Å². The van der Waals surface area contributed by atoms with Crippen LogP contribution in [0.15, 0.2) is 29.7 Å². The molecule has 0 unspecified atom stereocenters. The molecular weight excluding hydrogens is 356 g/mol. The minimum absolute atomic E-state index is 0. The number of esters is 1. The van der Waals surface area contributed by atoms with Gasteiger partial charge < -0.3 is 19.9 Å². The molecule has 0 aliphatic heterocycles. The minimum atomic E-state index is -0.897. The summed E-state index contributed by atoms with van der Waals surface area (Å²) in [6.45, 7) is 3.34. The van der Waals surface area contributed by atoms with Crippen LogP contribution in [0.4, 0.5) is 10.1 Å². The molecule has 0 fully saturated rings. The van der Waals surface area contributed by atoms with E-state index in [9.17, 15) is 14.3 Å². The Balaban J connectivity index is 0.00000484. The van der Waals surface area contributed by atoms with Crippen molar-refractivity contribution >= 4 is 40.5 Å². The molecule has 0 aromatic heterocycles. The Kier molecular flexibility index (Phi) is 10.4. The average molecular weight is 370 g/mol. The van der Waals surface area contributed by atoms with Gasteiger partial charge in [-0.1, -0.05) is 30.7 Å². The van der Waals surface area contributed by atoms with E-state index >= 15 is 0 Å². The molecule has 0 amide bonds. The molecule has 0 saturated heterocycles. The van der Waals surface area contributed by atoms with E-state index in [1.165, 1.54) is 12.1 Å². The summed E-state index contributed by atoms with van der Waals surface area (Å²) in [5.41, 5.74) is -0.110. The van der Waals surface area contributed by atoms with Gasteiger partial charge in [0.15, 0.2) is 0 Å². The van der Waals surface area contributed by atoms with Crippen molar-refractivity contribution in [1.29, 1.82) is 0 Å². The van der Waals surface area contributed by atoms with Crippen LogP contribution in [0.3, 0.4) is 0 Å². The number of thiocarbonyl (C=S) groups is 1. The molecule has 0 spiro atoms. The molecule has 1 aromatic rings. The molecule has 1 aromatic carbocycles. The first-order valence-electron chi connectivity index (χ1n) is 6.38. The second-order valence-electron chi connectivity index (χ2n) is 3.90. The van der Waals surface area contributed by atoms with Crippen LogP contribution < -0.4 is 40.0 Å². The Bertz CT molecular complexity index is 612. The first kappa shape index (κ1) is 22.1. The fourth-order valence-electron chi connectivity index (χ4n) is 1.44. The van der Waals surface area contributed by atoms with Gasteiger partial charge in [-0.05, 0) is 31.7 Å². The number of ether oxygens (including phenoxy) is 2. The third kappa shape index (κ3) is 6.64. The van der Waals surface area contributed by atoms with Crippen molar-refractivity contribution in [1.82, 2.24) is 0 Å². The number of anilines is 1. The topological polar surface area (TPSA) is 70.6 Å². The maximum absolute atomic E-state index is 13.1. The second kappa shape index (κ2) is 10.8. The predicted octanol–water partition coefficient (Wildman–Crippen LogP) is -0.606. The van der Waals surface area contributed by atoms with E-state index in [4.69, 9.17) is 33.3 Å². The van der Waals surface area contributed by atoms with E-state index in [0.717, 1.165) is 6.07 Å². The fraction of sp³-hybridized carbons (Fsp3) is 0.286. The summed E-state index contributed by atoms with van der Waals surface area (Å²) in [4.78, 5) is 11.6. The van der Waals surface area contributed by atoms with Crippen molar-refractivity contribution in [2.75, 3.05) is 18.5 Å². The van der Waals surface area contributed by atoms with Gasteiger partial charge in [0.1, 0.15) is 16.4 Å². The van der Waals surface area contributed by atoms with Crippen LogP contribution in [0, 0.1) is 5.82 Å². The standard InChI is InChI=1S/C14H15ClFNO4S.Na/c1-3-20-13(18)11(14(19)21-4-2)12(22)17-8-5-6-10(16)9(15)7-8;/h5-7,18H,3-4H2,1-2H3,(H,17,22);/q;+1/p-1/b13-11+;. The zero-order chi connectivity index (χ0) is 16.7. The van der Waals surface area contributed by atoms with Gasteiger partial charge in [0.2, 0.25) is 0 Å². The van der Waals surface area contributed by atoms with Crippen molar-refractivity contribution in [3.05, 3.63) is 40.6 Å². The summed E-state index contributed by atoms with van der Waals surface area (Å²) >= 11 is 10.7. The fourth-order valence-corrected chi connectivity index (χ4v) is 1.91. The number of hydrogen-bond acceptors (Lipinski definition) is 5. The van der Waals surface area contributed by atoms with E-state index in [2.05, 4.69) is 5.32 Å². The van der Waals surface area contributed by atoms with Gasteiger partial charge in [-0.15, -0.1) is 0 Å². The van der Waals surface area contributed by atoms with Gasteiger partial charge in [-0.3, -0.25) is 0 Å². The Morgan fingerprint density at radius 2 is 1.96 bits per heavy atom. The van der Waals surface area contributed by atoms with E-state index in [0.29, 0.717) is 5.69 Å². The van der Waals surface area contributed by atoms with E-state index in [-0.39, 0.29) is 52.8 Å². The first-order chi connectivity index (χ1) is 10.4. The zero-order valence-electron chi connectivity index (χ0n) is 12.9. The van der Waals surface area contributed by atoms with E-state index < -0.39 is 23.3 Å². The molecule has 0 bridgehead atoms. The number of rotatable bonds is 6. The first-order valence-corrected chi connectivity index (χ1v) is 7.16. The normalized spacial score (nSPS) is 11.0. The van der Waals surface area contributed by atoms with E-state index in [1.807, 2.05) is 0 Å². The summed E-state index contributed by atoms with van der Waals surface area (Å²) in [5, 5.41) is 14.3. The smallest absolute Gasteiger partial charge is 0.613 e. The van der Waals surface area contributed by atoms with Crippen molar-refractivity contribution < 1.29 is 53.3 Å². The maximum atomic E-state index is 13.1. The van der Waals surface area contributed by atoms with Gasteiger partial charge in [-0.25, -0.2) is 9.18 Å². The van der Waals surface area contributed by atoms with Crippen LogP contribution in [0.25, 0.3) is 0 Å². The number of carbonyl (C=O) groups excluding carboxylic acids is 1. The van der Waals surface area contributed by atoms with Crippen molar-refractivity contribution in [3.8, 4) is 0 Å². The molecule has 23 heavy (non-hydrogen) atoms. The monoisotopic (exact) mass is 369 g/mol. The Hall–Kier alpha value is -0.860. The molecular formula is C14H14ClFNNaO4S. The maximum Gasteiger partial charge on any atom is 1.00 e. The Morgan fingerprint density at radius 1 is 1.35 bits per heavy atom. The molecule has 5 nitrogen and oxygen atoms in total. The average Bonchev–Trinajstić information content (AvgIpc) is 2.43. The molecule has 0 aliphatic rings. The number of carbonyl (C=O) groups is 1. The summed E-state index contributed by atoms with van der Waals surface area (Å²) in [6, 6.07) is 3.76. The van der Waals surface area contributed by atoms with Gasteiger partial charge in [-0.2, -0.15) is 0 Å². The molecule has 0 saturated carbocycles. The van der Waals surface area contributed by atoms with Crippen LogP contribution in [-0.2, 0) is 14.3 Å². The van der Waals surface area contributed by atoms with Crippen molar-refractivity contribution in [2.45, 2.75) is 13.8 Å². The number of halogens is 2. The molecule has 1 N–H and O–H groups in total. The Labute approximate surface area is 166 Å². The molecule has 1 rings (SSSR count).